The van der Waals surface area contributed by atoms with Gasteiger partial charge < -0.3 is 9.88 Å². The van der Waals surface area contributed by atoms with Gasteiger partial charge in [0.15, 0.2) is 5.03 Å². The molecule has 17 heavy (non-hydrogen) atoms. The molecule has 2 rings (SSSR count). The Balaban J connectivity index is 2.03. The fourth-order valence-electron chi connectivity index (χ4n) is 1.94. The molecule has 0 bridgehead atoms. The van der Waals surface area contributed by atoms with E-state index in [1.165, 1.54) is 6.20 Å². The van der Waals surface area contributed by atoms with Crippen molar-refractivity contribution in [3.8, 4) is 0 Å². The molecule has 0 aliphatic carbocycles. The third kappa shape index (κ3) is 3.05. The van der Waals surface area contributed by atoms with Gasteiger partial charge in [-0.1, -0.05) is 0 Å². The quantitative estimate of drug-likeness (QED) is 0.805. The molecule has 0 atom stereocenters. The van der Waals surface area contributed by atoms with E-state index in [4.69, 9.17) is 0 Å². The Labute approximate surface area is 101 Å². The zero-order valence-electron chi connectivity index (χ0n) is 10.1. The fraction of sp³-hybridized carbons (Fsp3) is 0.700. The van der Waals surface area contributed by atoms with Crippen LogP contribution >= 0.6 is 0 Å². The first-order valence-corrected chi connectivity index (χ1v) is 7.18. The van der Waals surface area contributed by atoms with Crippen LogP contribution in [0.15, 0.2) is 11.2 Å². The Morgan fingerprint density at radius 3 is 2.65 bits per heavy atom. The molecule has 1 fully saturated rings. The third-order valence-corrected chi connectivity index (χ3v) is 4.44. The molecule has 0 unspecified atom stereocenters. The second-order valence-electron chi connectivity index (χ2n) is 4.53. The topological polar surface area (TPSA) is 78.1 Å². The van der Waals surface area contributed by atoms with Crippen LogP contribution in [0.2, 0.25) is 0 Å². The van der Waals surface area contributed by atoms with Gasteiger partial charge in [0.05, 0.1) is 6.20 Å². The third-order valence-electron chi connectivity index (χ3n) is 3.01. The van der Waals surface area contributed by atoms with Gasteiger partial charge in [-0.2, -0.15) is 0 Å². The number of nitrogens with one attached hydrogen (secondary N) is 2. The Bertz CT molecular complexity index is 474. The summed E-state index contributed by atoms with van der Waals surface area (Å²) in [6.45, 7) is 3.58. The highest BCUT2D eigenvalue weighted by Gasteiger charge is 2.24. The summed E-state index contributed by atoms with van der Waals surface area (Å²) in [6.07, 6.45) is 3.05. The summed E-state index contributed by atoms with van der Waals surface area (Å²) in [4.78, 5) is 8.85. The predicted octanol–water partition coefficient (Wildman–Crippen LogP) is 0.0906. The predicted molar refractivity (Wildman–Crippen MR) is 64.2 cm³/mol. The second-order valence-corrected chi connectivity index (χ2v) is 6.21. The number of nitrogens with zero attached hydrogens (tertiary/aromatic N) is 2. The van der Waals surface area contributed by atoms with Gasteiger partial charge in [-0.3, -0.25) is 0 Å². The number of H-pyrrole nitrogens is 1. The summed E-state index contributed by atoms with van der Waals surface area (Å²) >= 11 is 0. The maximum absolute atomic E-state index is 12.0. The Morgan fingerprint density at radius 1 is 1.47 bits per heavy atom. The van der Waals surface area contributed by atoms with Gasteiger partial charge in [-0.05, 0) is 39.9 Å². The van der Waals surface area contributed by atoms with Gasteiger partial charge in [0.2, 0.25) is 0 Å². The molecule has 2 heterocycles. The van der Waals surface area contributed by atoms with Crippen molar-refractivity contribution in [2.45, 2.75) is 30.8 Å². The lowest BCUT2D eigenvalue weighted by molar-refractivity contribution is 0.248. The minimum Gasteiger partial charge on any atom is -0.332 e. The average molecular weight is 258 g/mol. The van der Waals surface area contributed by atoms with Gasteiger partial charge in [-0.25, -0.2) is 18.1 Å². The highest BCUT2D eigenvalue weighted by molar-refractivity contribution is 7.89. The van der Waals surface area contributed by atoms with Crippen LogP contribution in [0.5, 0.6) is 0 Å². The van der Waals surface area contributed by atoms with E-state index < -0.39 is 10.0 Å². The van der Waals surface area contributed by atoms with Crippen molar-refractivity contribution in [3.05, 3.63) is 12.0 Å². The van der Waals surface area contributed by atoms with Gasteiger partial charge >= 0.3 is 0 Å². The van der Waals surface area contributed by atoms with Gasteiger partial charge in [-0.15, -0.1) is 0 Å². The molecule has 6 nitrogen and oxygen atoms in total. The van der Waals surface area contributed by atoms with Crippen LogP contribution in [0.1, 0.15) is 18.7 Å². The zero-order chi connectivity index (χ0) is 12.5. The van der Waals surface area contributed by atoms with Crippen molar-refractivity contribution in [2.24, 2.45) is 0 Å². The van der Waals surface area contributed by atoms with Crippen molar-refractivity contribution in [2.75, 3.05) is 20.1 Å². The number of aromatic nitrogens is 2. The number of likely N-dealkylation sites (tertiary alicyclic amines) is 1. The first kappa shape index (κ1) is 12.5. The lowest BCUT2D eigenvalue weighted by Crippen LogP contribution is -2.43. The van der Waals surface area contributed by atoms with E-state index in [-0.39, 0.29) is 11.1 Å². The van der Waals surface area contributed by atoms with E-state index in [1.807, 2.05) is 7.05 Å². The van der Waals surface area contributed by atoms with Crippen LogP contribution in [0.4, 0.5) is 0 Å². The van der Waals surface area contributed by atoms with Crippen molar-refractivity contribution in [1.82, 2.24) is 19.6 Å². The van der Waals surface area contributed by atoms with E-state index in [2.05, 4.69) is 19.6 Å². The van der Waals surface area contributed by atoms with Crippen LogP contribution in [-0.4, -0.2) is 49.5 Å². The summed E-state index contributed by atoms with van der Waals surface area (Å²) < 4.78 is 26.7. The molecule has 0 saturated carbocycles. The number of imidazole rings is 1. The fourth-order valence-corrected chi connectivity index (χ4v) is 3.22. The zero-order valence-corrected chi connectivity index (χ0v) is 10.9. The molecule has 0 amide bonds. The lowest BCUT2D eigenvalue weighted by Gasteiger charge is -2.29. The summed E-state index contributed by atoms with van der Waals surface area (Å²) in [5, 5.41) is 0.147. The highest BCUT2D eigenvalue weighted by Crippen LogP contribution is 2.12. The molecule has 0 aromatic carbocycles. The number of rotatable bonds is 3. The summed E-state index contributed by atoms with van der Waals surface area (Å²) in [5.74, 6) is 0.605. The van der Waals surface area contributed by atoms with Gasteiger partial charge in [0, 0.05) is 6.04 Å². The molecule has 1 aromatic rings. The first-order valence-electron chi connectivity index (χ1n) is 5.70. The molecule has 1 saturated heterocycles. The van der Waals surface area contributed by atoms with E-state index >= 15 is 0 Å². The molecule has 0 radical (unpaired) electrons. The second kappa shape index (κ2) is 4.75. The van der Waals surface area contributed by atoms with E-state index in [9.17, 15) is 8.42 Å². The minimum atomic E-state index is -3.44. The number of piperidine rings is 1. The molecular weight excluding hydrogens is 240 g/mol. The standard InChI is InChI=1S/C10H18N4O2S/c1-8-11-7-10(12-8)17(15,16)13-9-3-5-14(2)6-4-9/h7,9,13H,3-6H2,1-2H3,(H,11,12). The van der Waals surface area contributed by atoms with Crippen LogP contribution in [0.3, 0.4) is 0 Å². The van der Waals surface area contributed by atoms with Crippen molar-refractivity contribution in [3.63, 3.8) is 0 Å². The van der Waals surface area contributed by atoms with Gasteiger partial charge in [0.25, 0.3) is 10.0 Å². The number of hydrogen-bond donors (Lipinski definition) is 2. The lowest BCUT2D eigenvalue weighted by atomic mass is 10.1. The van der Waals surface area contributed by atoms with Crippen LogP contribution in [-0.2, 0) is 10.0 Å². The number of hydrogen-bond acceptors (Lipinski definition) is 4. The van der Waals surface area contributed by atoms with Crippen molar-refractivity contribution in [1.29, 1.82) is 0 Å². The normalized spacial score (nSPS) is 19.6. The van der Waals surface area contributed by atoms with Gasteiger partial charge in [0.1, 0.15) is 5.82 Å². The number of aryl methyl sites for hydroxylation is 1. The maximum atomic E-state index is 12.0. The van der Waals surface area contributed by atoms with E-state index in [0.29, 0.717) is 5.82 Å². The summed E-state index contributed by atoms with van der Waals surface area (Å²) in [7, 11) is -1.40. The molecule has 2 N–H and O–H groups in total. The Kier molecular flexibility index (Phi) is 3.50. The Hall–Kier alpha value is -0.920. The smallest absolute Gasteiger partial charge is 0.257 e. The minimum absolute atomic E-state index is 0.0276. The Morgan fingerprint density at radius 2 is 2.12 bits per heavy atom. The van der Waals surface area contributed by atoms with E-state index in [1.54, 1.807) is 6.92 Å². The average Bonchev–Trinajstić information content (AvgIpc) is 2.69. The molecule has 1 aliphatic heterocycles. The largest absolute Gasteiger partial charge is 0.332 e. The van der Waals surface area contributed by atoms with Crippen LogP contribution in [0, 0.1) is 6.92 Å². The van der Waals surface area contributed by atoms with Crippen LogP contribution < -0.4 is 4.72 Å². The maximum Gasteiger partial charge on any atom is 0.257 e. The SMILES string of the molecule is Cc1ncc(S(=O)(=O)NC2CCN(C)CC2)[nH]1. The van der Waals surface area contributed by atoms with Crippen molar-refractivity contribution < 1.29 is 8.42 Å². The molecular formula is C10H18N4O2S. The molecule has 1 aromatic heterocycles. The molecule has 96 valence electrons. The molecule has 0 spiro atoms. The van der Waals surface area contributed by atoms with Crippen LogP contribution in [0.25, 0.3) is 0 Å². The van der Waals surface area contributed by atoms with E-state index in [0.717, 1.165) is 25.9 Å². The highest BCUT2D eigenvalue weighted by atomic mass is 32.2. The number of aromatic amines is 1. The number of sulfonamides is 1. The summed E-state index contributed by atoms with van der Waals surface area (Å²) in [6, 6.07) is 0.0276. The van der Waals surface area contributed by atoms with Crippen molar-refractivity contribution >= 4 is 10.0 Å². The molecule has 7 heteroatoms. The summed E-state index contributed by atoms with van der Waals surface area (Å²) in [5.41, 5.74) is 0. The monoisotopic (exact) mass is 258 g/mol. The first-order chi connectivity index (χ1) is 7.97. The molecule has 1 aliphatic rings.